The molecule has 138 valence electrons. The van der Waals surface area contributed by atoms with Gasteiger partial charge in [0.05, 0.1) is 12.7 Å². The van der Waals surface area contributed by atoms with Crippen molar-refractivity contribution in [3.8, 4) is 0 Å². The van der Waals surface area contributed by atoms with Crippen molar-refractivity contribution >= 4 is 67.9 Å². The Labute approximate surface area is 176 Å². The topological polar surface area (TPSA) is 50.4 Å². The summed E-state index contributed by atoms with van der Waals surface area (Å²) in [7, 11) is 1.43. The van der Waals surface area contributed by atoms with E-state index in [1.54, 1.807) is 11.3 Å². The molecule has 3 rings (SSSR count). The molecule has 0 radical (unpaired) electrons. The second kappa shape index (κ2) is 9.14. The quantitative estimate of drug-likeness (QED) is 0.326. The summed E-state index contributed by atoms with van der Waals surface area (Å²) >= 11 is 9.35. The number of hydrogen-bond acceptors (Lipinski definition) is 4. The van der Waals surface area contributed by atoms with Gasteiger partial charge in [-0.1, -0.05) is 12.8 Å². The summed E-state index contributed by atoms with van der Waals surface area (Å²) in [6.45, 7) is 0. The van der Waals surface area contributed by atoms with Crippen LogP contribution in [0.2, 0.25) is 0 Å². The number of thiocarbonyl (C=S) groups is 1. The third kappa shape index (κ3) is 4.75. The molecule has 0 saturated heterocycles. The van der Waals surface area contributed by atoms with Crippen LogP contribution in [0.3, 0.4) is 0 Å². The van der Waals surface area contributed by atoms with Crippen molar-refractivity contribution < 1.29 is 9.53 Å². The summed E-state index contributed by atoms with van der Waals surface area (Å²) in [5.74, 6) is -0.289. The zero-order chi connectivity index (χ0) is 18.5. The molecule has 2 N–H and O–H groups in total. The molecule has 1 aliphatic rings. The molecule has 0 unspecified atom stereocenters. The van der Waals surface area contributed by atoms with Crippen LogP contribution in [0, 0.1) is 3.57 Å². The maximum absolute atomic E-state index is 12.4. The van der Waals surface area contributed by atoms with Crippen molar-refractivity contribution in [2.75, 3.05) is 17.7 Å². The standard InChI is InChI=1S/C19H21IN2O2S2/c1-24-18(23)16-14-6-4-2-3-5-7-15(14)26-17(16)22-19(25)21-13-10-8-12(20)9-11-13/h8-11H,2-7H2,1H3,(H2,21,22,25). The van der Waals surface area contributed by atoms with Gasteiger partial charge < -0.3 is 15.4 Å². The van der Waals surface area contributed by atoms with Gasteiger partial charge in [-0.05, 0) is 90.3 Å². The van der Waals surface area contributed by atoms with Gasteiger partial charge in [0.25, 0.3) is 0 Å². The van der Waals surface area contributed by atoms with Crippen LogP contribution in [0.5, 0.6) is 0 Å². The lowest BCUT2D eigenvalue weighted by molar-refractivity contribution is 0.0601. The number of rotatable bonds is 3. The summed E-state index contributed by atoms with van der Waals surface area (Å²) in [6.07, 6.45) is 6.68. The average molecular weight is 500 g/mol. The maximum Gasteiger partial charge on any atom is 0.341 e. The van der Waals surface area contributed by atoms with Gasteiger partial charge in [0.1, 0.15) is 5.00 Å². The molecule has 0 bridgehead atoms. The van der Waals surface area contributed by atoms with Crippen LogP contribution in [0.1, 0.15) is 46.5 Å². The number of halogens is 1. The van der Waals surface area contributed by atoms with E-state index in [1.807, 2.05) is 24.3 Å². The zero-order valence-electron chi connectivity index (χ0n) is 14.6. The lowest BCUT2D eigenvalue weighted by atomic mass is 9.96. The van der Waals surface area contributed by atoms with Crippen LogP contribution in [0.4, 0.5) is 10.7 Å². The molecular weight excluding hydrogens is 479 g/mol. The van der Waals surface area contributed by atoms with Gasteiger partial charge in [0, 0.05) is 14.1 Å². The minimum Gasteiger partial charge on any atom is -0.465 e. The number of fused-ring (bicyclic) bond motifs is 1. The Morgan fingerprint density at radius 1 is 1.12 bits per heavy atom. The molecule has 4 nitrogen and oxygen atoms in total. The fourth-order valence-corrected chi connectivity index (χ4v) is 5.05. The predicted molar refractivity (Wildman–Crippen MR) is 121 cm³/mol. The molecule has 0 spiro atoms. The number of ether oxygens (including phenoxy) is 1. The number of carbonyl (C=O) groups excluding carboxylic acids is 1. The highest BCUT2D eigenvalue weighted by Crippen LogP contribution is 2.37. The number of methoxy groups -OCH3 is 1. The second-order valence-electron chi connectivity index (χ2n) is 6.20. The van der Waals surface area contributed by atoms with E-state index in [0.29, 0.717) is 10.7 Å². The number of hydrogen-bond donors (Lipinski definition) is 2. The largest absolute Gasteiger partial charge is 0.465 e. The normalized spacial score (nSPS) is 13.9. The summed E-state index contributed by atoms with van der Waals surface area (Å²) in [5, 5.41) is 7.66. The van der Waals surface area contributed by atoms with E-state index in [-0.39, 0.29) is 5.97 Å². The Morgan fingerprint density at radius 2 is 1.81 bits per heavy atom. The smallest absolute Gasteiger partial charge is 0.341 e. The summed E-state index contributed by atoms with van der Waals surface area (Å²) in [5.41, 5.74) is 2.71. The highest BCUT2D eigenvalue weighted by Gasteiger charge is 2.25. The van der Waals surface area contributed by atoms with E-state index in [9.17, 15) is 4.79 Å². The Morgan fingerprint density at radius 3 is 2.50 bits per heavy atom. The molecule has 0 atom stereocenters. The Bertz CT molecular complexity index is 803. The molecule has 1 heterocycles. The first-order chi connectivity index (χ1) is 12.6. The van der Waals surface area contributed by atoms with E-state index in [2.05, 4.69) is 33.2 Å². The lowest BCUT2D eigenvalue weighted by Crippen LogP contribution is -2.20. The van der Waals surface area contributed by atoms with E-state index in [4.69, 9.17) is 17.0 Å². The molecule has 0 saturated carbocycles. The van der Waals surface area contributed by atoms with Crippen LogP contribution >= 0.6 is 46.1 Å². The molecule has 0 aliphatic heterocycles. The highest BCUT2D eigenvalue weighted by atomic mass is 127. The molecule has 7 heteroatoms. The Hall–Kier alpha value is -1.19. The third-order valence-corrected chi connectivity index (χ3v) is 6.52. The summed E-state index contributed by atoms with van der Waals surface area (Å²) in [4.78, 5) is 13.7. The van der Waals surface area contributed by atoms with Crippen molar-refractivity contribution in [1.29, 1.82) is 0 Å². The van der Waals surface area contributed by atoms with Crippen LogP contribution in [-0.4, -0.2) is 18.2 Å². The molecule has 0 amide bonds. The molecule has 26 heavy (non-hydrogen) atoms. The van der Waals surface area contributed by atoms with Gasteiger partial charge in [0.2, 0.25) is 0 Å². The van der Waals surface area contributed by atoms with Crippen LogP contribution < -0.4 is 10.6 Å². The van der Waals surface area contributed by atoms with Crippen molar-refractivity contribution in [3.63, 3.8) is 0 Å². The minimum absolute atomic E-state index is 0.289. The molecule has 0 fully saturated rings. The van der Waals surface area contributed by atoms with Gasteiger partial charge in [-0.2, -0.15) is 0 Å². The van der Waals surface area contributed by atoms with Crippen molar-refractivity contribution in [3.05, 3.63) is 43.8 Å². The highest BCUT2D eigenvalue weighted by molar-refractivity contribution is 14.1. The zero-order valence-corrected chi connectivity index (χ0v) is 18.4. The fourth-order valence-electron chi connectivity index (χ4n) is 3.12. The Kier molecular flexibility index (Phi) is 6.88. The fraction of sp³-hybridized carbons (Fsp3) is 0.368. The lowest BCUT2D eigenvalue weighted by Gasteiger charge is -2.12. The van der Waals surface area contributed by atoms with Crippen molar-refractivity contribution in [2.45, 2.75) is 38.5 Å². The third-order valence-electron chi connectivity index (χ3n) is 4.39. The van der Waals surface area contributed by atoms with Crippen LogP contribution in [-0.2, 0) is 17.6 Å². The number of anilines is 2. The minimum atomic E-state index is -0.289. The van der Waals surface area contributed by atoms with Gasteiger partial charge in [-0.25, -0.2) is 4.79 Å². The number of aryl methyl sites for hydroxylation is 1. The molecule has 1 aromatic heterocycles. The summed E-state index contributed by atoms with van der Waals surface area (Å²) < 4.78 is 6.21. The van der Waals surface area contributed by atoms with Gasteiger partial charge >= 0.3 is 5.97 Å². The second-order valence-corrected chi connectivity index (χ2v) is 8.96. The average Bonchev–Trinajstić information content (AvgIpc) is 2.92. The first-order valence-corrected chi connectivity index (χ1v) is 10.9. The first kappa shape index (κ1) is 19.6. The maximum atomic E-state index is 12.4. The number of nitrogens with one attached hydrogen (secondary N) is 2. The molecule has 1 aromatic carbocycles. The van der Waals surface area contributed by atoms with Crippen molar-refractivity contribution in [1.82, 2.24) is 0 Å². The van der Waals surface area contributed by atoms with Gasteiger partial charge in [-0.3, -0.25) is 0 Å². The summed E-state index contributed by atoms with van der Waals surface area (Å²) in [6, 6.07) is 7.99. The molecular formula is C19H21IN2O2S2. The van der Waals surface area contributed by atoms with E-state index < -0.39 is 0 Å². The van der Waals surface area contributed by atoms with Crippen LogP contribution in [0.15, 0.2) is 24.3 Å². The predicted octanol–water partition coefficient (Wildman–Crippen LogP) is 5.61. The number of thiophene rings is 1. The monoisotopic (exact) mass is 500 g/mol. The number of esters is 1. The van der Waals surface area contributed by atoms with Crippen molar-refractivity contribution in [2.24, 2.45) is 0 Å². The van der Waals surface area contributed by atoms with Crippen LogP contribution in [0.25, 0.3) is 0 Å². The van der Waals surface area contributed by atoms with E-state index >= 15 is 0 Å². The van der Waals surface area contributed by atoms with E-state index in [0.717, 1.165) is 39.1 Å². The Balaban J connectivity index is 1.83. The number of benzene rings is 1. The molecule has 1 aliphatic carbocycles. The number of carbonyl (C=O) groups is 1. The van der Waals surface area contributed by atoms with Gasteiger partial charge in [0.15, 0.2) is 5.11 Å². The molecule has 2 aromatic rings. The van der Waals surface area contributed by atoms with Gasteiger partial charge in [-0.15, -0.1) is 11.3 Å². The first-order valence-electron chi connectivity index (χ1n) is 8.65. The van der Waals surface area contributed by atoms with E-state index in [1.165, 1.54) is 31.2 Å². The SMILES string of the molecule is COC(=O)c1c(NC(=S)Nc2ccc(I)cc2)sc2c1CCCCCC2.